The number of hydrogen-bond acceptors (Lipinski definition) is 2. The van der Waals surface area contributed by atoms with Gasteiger partial charge >= 0.3 is 0 Å². The summed E-state index contributed by atoms with van der Waals surface area (Å²) in [7, 11) is 0. The topological polar surface area (TPSA) is 46.3 Å². The monoisotopic (exact) mass is 280 g/mol. The number of carbonyl (C=O) groups is 1. The summed E-state index contributed by atoms with van der Waals surface area (Å²) >= 11 is 0. The van der Waals surface area contributed by atoms with E-state index in [-0.39, 0.29) is 5.41 Å². The highest BCUT2D eigenvalue weighted by molar-refractivity contribution is 5.76. The molecule has 20 heavy (non-hydrogen) atoms. The van der Waals surface area contributed by atoms with Gasteiger partial charge in [0.15, 0.2) is 0 Å². The number of amides is 1. The van der Waals surface area contributed by atoms with Crippen molar-refractivity contribution in [2.45, 2.75) is 59.3 Å². The molecule has 3 atom stereocenters. The Kier molecular flexibility index (Phi) is 5.11. The van der Waals surface area contributed by atoms with Crippen molar-refractivity contribution in [2.24, 2.45) is 28.9 Å². The molecule has 0 saturated heterocycles. The minimum Gasteiger partial charge on any atom is -0.342 e. The van der Waals surface area contributed by atoms with Gasteiger partial charge < -0.3 is 10.6 Å². The quantitative estimate of drug-likeness (QED) is 0.779. The Morgan fingerprint density at radius 1 is 1.30 bits per heavy atom. The van der Waals surface area contributed by atoms with Crippen LogP contribution in [0.5, 0.6) is 0 Å². The fourth-order valence-corrected chi connectivity index (χ4v) is 4.12. The van der Waals surface area contributed by atoms with Crippen molar-refractivity contribution < 1.29 is 4.79 Å². The average Bonchev–Trinajstić information content (AvgIpc) is 3.00. The highest BCUT2D eigenvalue weighted by Gasteiger charge is 2.40. The molecule has 3 unspecified atom stereocenters. The molecule has 2 N–H and O–H groups in total. The molecule has 3 heteroatoms. The molecule has 1 amide bonds. The van der Waals surface area contributed by atoms with Crippen LogP contribution >= 0.6 is 0 Å². The van der Waals surface area contributed by atoms with Crippen LogP contribution in [-0.2, 0) is 4.79 Å². The smallest absolute Gasteiger partial charge is 0.222 e. The van der Waals surface area contributed by atoms with Gasteiger partial charge in [0.2, 0.25) is 5.91 Å². The third kappa shape index (κ3) is 3.75. The van der Waals surface area contributed by atoms with Crippen LogP contribution in [0.25, 0.3) is 0 Å². The molecule has 2 bridgehead atoms. The van der Waals surface area contributed by atoms with Gasteiger partial charge in [0.05, 0.1) is 0 Å². The SMILES string of the molecule is CCCN(CC(C)(C)CN)C(=O)CC1CC2CCC1C2. The summed E-state index contributed by atoms with van der Waals surface area (Å²) < 4.78 is 0. The number of nitrogens with two attached hydrogens (primary N) is 1. The lowest BCUT2D eigenvalue weighted by atomic mass is 9.85. The fourth-order valence-electron chi connectivity index (χ4n) is 4.12. The van der Waals surface area contributed by atoms with Gasteiger partial charge in [0, 0.05) is 19.5 Å². The first-order valence-corrected chi connectivity index (χ1v) is 8.43. The minimum atomic E-state index is 0.0273. The number of nitrogens with zero attached hydrogens (tertiary/aromatic N) is 1. The molecule has 0 aliphatic heterocycles. The van der Waals surface area contributed by atoms with Crippen LogP contribution in [0.1, 0.15) is 59.3 Å². The van der Waals surface area contributed by atoms with Crippen molar-refractivity contribution in [1.29, 1.82) is 0 Å². The van der Waals surface area contributed by atoms with Crippen molar-refractivity contribution in [2.75, 3.05) is 19.6 Å². The Balaban J connectivity index is 1.89. The van der Waals surface area contributed by atoms with Gasteiger partial charge in [-0.1, -0.05) is 27.2 Å². The summed E-state index contributed by atoms with van der Waals surface area (Å²) in [6.07, 6.45) is 7.28. The molecule has 0 heterocycles. The molecule has 2 saturated carbocycles. The Morgan fingerprint density at radius 2 is 2.05 bits per heavy atom. The van der Waals surface area contributed by atoms with Crippen LogP contribution in [0.2, 0.25) is 0 Å². The molecule has 0 radical (unpaired) electrons. The zero-order chi connectivity index (χ0) is 14.8. The van der Waals surface area contributed by atoms with Crippen LogP contribution in [0.3, 0.4) is 0 Å². The van der Waals surface area contributed by atoms with E-state index in [1.54, 1.807) is 0 Å². The summed E-state index contributed by atoms with van der Waals surface area (Å²) in [5, 5.41) is 0. The standard InChI is InChI=1S/C17H32N2O/c1-4-7-19(12-17(2,3)11-18)16(20)10-15-9-13-5-6-14(15)8-13/h13-15H,4-12,18H2,1-3H3. The zero-order valence-corrected chi connectivity index (χ0v) is 13.5. The Bertz CT molecular complexity index is 340. The Hall–Kier alpha value is -0.570. The third-order valence-electron chi connectivity index (χ3n) is 5.34. The van der Waals surface area contributed by atoms with Crippen molar-refractivity contribution in [1.82, 2.24) is 4.90 Å². The average molecular weight is 280 g/mol. The second-order valence-corrected chi connectivity index (χ2v) is 7.82. The molecule has 0 aromatic heterocycles. The highest BCUT2D eigenvalue weighted by Crippen LogP contribution is 2.49. The summed E-state index contributed by atoms with van der Waals surface area (Å²) in [5.41, 5.74) is 5.85. The maximum atomic E-state index is 12.6. The lowest BCUT2D eigenvalue weighted by Crippen LogP contribution is -2.43. The van der Waals surface area contributed by atoms with E-state index in [2.05, 4.69) is 25.7 Å². The lowest BCUT2D eigenvalue weighted by molar-refractivity contribution is -0.134. The predicted molar refractivity (Wildman–Crippen MR) is 83.3 cm³/mol. The van der Waals surface area contributed by atoms with Crippen LogP contribution in [0.15, 0.2) is 0 Å². The maximum absolute atomic E-state index is 12.6. The molecule has 0 aromatic rings. The number of carbonyl (C=O) groups excluding carboxylic acids is 1. The van der Waals surface area contributed by atoms with Crippen LogP contribution < -0.4 is 5.73 Å². The van der Waals surface area contributed by atoms with E-state index in [9.17, 15) is 4.79 Å². The van der Waals surface area contributed by atoms with Crippen molar-refractivity contribution in [3.8, 4) is 0 Å². The third-order valence-corrected chi connectivity index (χ3v) is 5.34. The highest BCUT2D eigenvalue weighted by atomic mass is 16.2. The summed E-state index contributed by atoms with van der Waals surface area (Å²) in [5.74, 6) is 2.81. The second-order valence-electron chi connectivity index (χ2n) is 7.82. The number of hydrogen-bond donors (Lipinski definition) is 1. The first-order valence-electron chi connectivity index (χ1n) is 8.43. The van der Waals surface area contributed by atoms with Crippen molar-refractivity contribution in [3.05, 3.63) is 0 Å². The van der Waals surface area contributed by atoms with Crippen molar-refractivity contribution in [3.63, 3.8) is 0 Å². The molecule has 0 aromatic carbocycles. The van der Waals surface area contributed by atoms with E-state index >= 15 is 0 Å². The first-order chi connectivity index (χ1) is 9.45. The Labute approximate surface area is 124 Å². The summed E-state index contributed by atoms with van der Waals surface area (Å²) in [6.45, 7) is 8.77. The lowest BCUT2D eigenvalue weighted by Gasteiger charge is -2.33. The molecule has 2 rings (SSSR count). The van der Waals surface area contributed by atoms with Crippen LogP contribution in [0.4, 0.5) is 0 Å². The Morgan fingerprint density at radius 3 is 2.55 bits per heavy atom. The van der Waals surface area contributed by atoms with Gasteiger partial charge in [0.1, 0.15) is 0 Å². The van der Waals surface area contributed by atoms with Gasteiger partial charge in [-0.15, -0.1) is 0 Å². The van der Waals surface area contributed by atoms with Gasteiger partial charge in [-0.2, -0.15) is 0 Å². The largest absolute Gasteiger partial charge is 0.342 e. The molecule has 3 nitrogen and oxygen atoms in total. The second kappa shape index (κ2) is 6.46. The van der Waals surface area contributed by atoms with Gasteiger partial charge in [-0.3, -0.25) is 4.79 Å². The number of fused-ring (bicyclic) bond motifs is 2. The van der Waals surface area contributed by atoms with Crippen LogP contribution in [-0.4, -0.2) is 30.4 Å². The number of rotatable bonds is 7. The van der Waals surface area contributed by atoms with Gasteiger partial charge in [-0.05, 0) is 55.4 Å². The minimum absolute atomic E-state index is 0.0273. The van der Waals surface area contributed by atoms with E-state index in [4.69, 9.17) is 5.73 Å². The fraction of sp³-hybridized carbons (Fsp3) is 0.941. The molecular formula is C17H32N2O. The summed E-state index contributed by atoms with van der Waals surface area (Å²) in [4.78, 5) is 14.7. The predicted octanol–water partition coefficient (Wildman–Crippen LogP) is 3.04. The first kappa shape index (κ1) is 15.8. The molecule has 2 fully saturated rings. The van der Waals surface area contributed by atoms with E-state index in [1.807, 2.05) is 0 Å². The van der Waals surface area contributed by atoms with Gasteiger partial charge in [-0.25, -0.2) is 0 Å². The van der Waals surface area contributed by atoms with E-state index in [0.717, 1.165) is 37.8 Å². The molecule has 0 spiro atoms. The summed E-state index contributed by atoms with van der Waals surface area (Å²) in [6, 6.07) is 0. The van der Waals surface area contributed by atoms with Gasteiger partial charge in [0.25, 0.3) is 0 Å². The molecule has 2 aliphatic carbocycles. The molecular weight excluding hydrogens is 248 g/mol. The van der Waals surface area contributed by atoms with Crippen molar-refractivity contribution >= 4 is 5.91 Å². The normalized spacial score (nSPS) is 28.9. The van der Waals surface area contributed by atoms with E-state index in [0.29, 0.717) is 18.4 Å². The van der Waals surface area contributed by atoms with E-state index in [1.165, 1.54) is 25.7 Å². The molecule has 116 valence electrons. The molecule has 2 aliphatic rings. The van der Waals surface area contributed by atoms with Crippen LogP contribution in [0, 0.1) is 23.2 Å². The van der Waals surface area contributed by atoms with E-state index < -0.39 is 0 Å². The maximum Gasteiger partial charge on any atom is 0.222 e. The zero-order valence-electron chi connectivity index (χ0n) is 13.5.